The highest BCUT2D eigenvalue weighted by molar-refractivity contribution is 5.96. The second-order valence-electron chi connectivity index (χ2n) is 5.94. The molecule has 0 saturated carbocycles. The van der Waals surface area contributed by atoms with Crippen LogP contribution in [0.2, 0.25) is 0 Å². The second kappa shape index (κ2) is 8.87. The summed E-state index contributed by atoms with van der Waals surface area (Å²) in [5.41, 5.74) is 3.34. The minimum absolute atomic E-state index is 0.0668. The fraction of sp³-hybridized carbons (Fsp3) is 0.300. The number of carbonyl (C=O) groups is 2. The van der Waals surface area contributed by atoms with Gasteiger partial charge in [0.1, 0.15) is 5.75 Å². The third-order valence-corrected chi connectivity index (χ3v) is 3.66. The number of hydrogen-bond donors (Lipinski definition) is 2. The molecule has 2 aromatic carbocycles. The molecule has 5 heteroatoms. The van der Waals surface area contributed by atoms with Gasteiger partial charge in [0.25, 0.3) is 11.8 Å². The van der Waals surface area contributed by atoms with Crippen molar-refractivity contribution in [2.75, 3.05) is 18.5 Å². The summed E-state index contributed by atoms with van der Waals surface area (Å²) in [6.07, 6.45) is 0.889. The number of ether oxygens (including phenoxy) is 1. The highest BCUT2D eigenvalue weighted by Crippen LogP contribution is 2.18. The van der Waals surface area contributed by atoms with Crippen LogP contribution < -0.4 is 15.4 Å². The highest BCUT2D eigenvalue weighted by atomic mass is 16.5. The Bertz CT molecular complexity index is 739. The average molecular weight is 340 g/mol. The Kier molecular flexibility index (Phi) is 6.57. The summed E-state index contributed by atoms with van der Waals surface area (Å²) in [5, 5.41) is 5.57. The smallest absolute Gasteiger partial charge is 0.262 e. The van der Waals surface area contributed by atoms with Gasteiger partial charge in [-0.05, 0) is 56.2 Å². The molecule has 25 heavy (non-hydrogen) atoms. The molecule has 0 radical (unpaired) electrons. The largest absolute Gasteiger partial charge is 0.483 e. The Labute approximate surface area is 148 Å². The zero-order chi connectivity index (χ0) is 18.2. The summed E-state index contributed by atoms with van der Waals surface area (Å²) in [6.45, 7) is 6.53. The first-order chi connectivity index (χ1) is 12.0. The van der Waals surface area contributed by atoms with Crippen LogP contribution in [0.4, 0.5) is 5.69 Å². The number of carbonyl (C=O) groups excluding carboxylic acids is 2. The standard InChI is InChI=1S/C20H24N2O3/c1-4-11-21-20(24)16-6-8-17(9-7-16)22-19(23)13-25-18-10-5-14(2)12-15(18)3/h5-10,12H,4,11,13H2,1-3H3,(H,21,24)(H,22,23). The molecule has 2 N–H and O–H groups in total. The lowest BCUT2D eigenvalue weighted by Crippen LogP contribution is -2.24. The van der Waals surface area contributed by atoms with Crippen LogP contribution in [0, 0.1) is 13.8 Å². The van der Waals surface area contributed by atoms with Crippen LogP contribution in [0.1, 0.15) is 34.8 Å². The Morgan fingerprint density at radius 2 is 1.76 bits per heavy atom. The van der Waals surface area contributed by atoms with E-state index in [2.05, 4.69) is 10.6 Å². The SMILES string of the molecule is CCCNC(=O)c1ccc(NC(=O)COc2ccc(C)cc2C)cc1. The Morgan fingerprint density at radius 3 is 2.40 bits per heavy atom. The van der Waals surface area contributed by atoms with Crippen LogP contribution in [0.25, 0.3) is 0 Å². The Hall–Kier alpha value is -2.82. The maximum atomic E-state index is 12.0. The van der Waals surface area contributed by atoms with Gasteiger partial charge in [0.2, 0.25) is 0 Å². The first-order valence-electron chi connectivity index (χ1n) is 8.37. The van der Waals surface area contributed by atoms with Gasteiger partial charge in [0.15, 0.2) is 6.61 Å². The molecule has 0 fully saturated rings. The van der Waals surface area contributed by atoms with E-state index in [1.165, 1.54) is 0 Å². The summed E-state index contributed by atoms with van der Waals surface area (Å²) in [7, 11) is 0. The molecule has 0 aliphatic rings. The van der Waals surface area contributed by atoms with Gasteiger partial charge in [-0.2, -0.15) is 0 Å². The van der Waals surface area contributed by atoms with Gasteiger partial charge >= 0.3 is 0 Å². The van der Waals surface area contributed by atoms with Gasteiger partial charge in [-0.25, -0.2) is 0 Å². The van der Waals surface area contributed by atoms with Crippen molar-refractivity contribution in [1.29, 1.82) is 0 Å². The van der Waals surface area contributed by atoms with Crippen LogP contribution in [0.3, 0.4) is 0 Å². The molecule has 2 rings (SSSR count). The topological polar surface area (TPSA) is 67.4 Å². The van der Waals surface area contributed by atoms with Crippen molar-refractivity contribution in [3.63, 3.8) is 0 Å². The number of amides is 2. The minimum Gasteiger partial charge on any atom is -0.483 e. The normalized spacial score (nSPS) is 10.2. The van der Waals surface area contributed by atoms with E-state index >= 15 is 0 Å². The van der Waals surface area contributed by atoms with Gasteiger partial charge in [0.05, 0.1) is 0 Å². The first kappa shape index (κ1) is 18.5. The lowest BCUT2D eigenvalue weighted by molar-refractivity contribution is -0.118. The second-order valence-corrected chi connectivity index (χ2v) is 5.94. The molecule has 0 bridgehead atoms. The van der Waals surface area contributed by atoms with Crippen LogP contribution in [0.5, 0.6) is 5.75 Å². The van der Waals surface area contributed by atoms with E-state index in [9.17, 15) is 9.59 Å². The molecular formula is C20H24N2O3. The van der Waals surface area contributed by atoms with Crippen LogP contribution in [0.15, 0.2) is 42.5 Å². The maximum absolute atomic E-state index is 12.0. The number of hydrogen-bond acceptors (Lipinski definition) is 3. The quantitative estimate of drug-likeness (QED) is 0.811. The molecule has 0 spiro atoms. The van der Waals surface area contributed by atoms with E-state index in [-0.39, 0.29) is 18.4 Å². The van der Waals surface area contributed by atoms with Gasteiger partial charge in [-0.3, -0.25) is 9.59 Å². The van der Waals surface area contributed by atoms with Gasteiger partial charge in [-0.1, -0.05) is 24.6 Å². The van der Waals surface area contributed by atoms with Gasteiger partial charge in [0, 0.05) is 17.8 Å². The molecule has 132 valence electrons. The zero-order valence-corrected chi connectivity index (χ0v) is 14.9. The molecule has 5 nitrogen and oxygen atoms in total. The predicted octanol–water partition coefficient (Wildman–Crippen LogP) is 3.46. The van der Waals surface area contributed by atoms with Crippen LogP contribution in [-0.4, -0.2) is 25.0 Å². The van der Waals surface area contributed by atoms with Crippen molar-refractivity contribution in [2.24, 2.45) is 0 Å². The molecule has 0 aromatic heterocycles. The van der Waals surface area contributed by atoms with Crippen molar-refractivity contribution in [2.45, 2.75) is 27.2 Å². The molecule has 0 atom stereocenters. The molecule has 2 amide bonds. The summed E-state index contributed by atoms with van der Waals surface area (Å²) in [4.78, 5) is 23.8. The van der Waals surface area contributed by atoms with Crippen molar-refractivity contribution >= 4 is 17.5 Å². The number of nitrogens with one attached hydrogen (secondary N) is 2. The Balaban J connectivity index is 1.87. The third-order valence-electron chi connectivity index (χ3n) is 3.66. The molecular weight excluding hydrogens is 316 g/mol. The molecule has 0 aliphatic carbocycles. The molecule has 0 saturated heterocycles. The number of anilines is 1. The van der Waals surface area contributed by atoms with E-state index in [1.54, 1.807) is 24.3 Å². The molecule has 0 aliphatic heterocycles. The van der Waals surface area contributed by atoms with Crippen molar-refractivity contribution in [3.05, 3.63) is 59.2 Å². The fourth-order valence-electron chi connectivity index (χ4n) is 2.35. The predicted molar refractivity (Wildman–Crippen MR) is 99.1 cm³/mol. The van der Waals surface area contributed by atoms with Crippen LogP contribution in [-0.2, 0) is 4.79 Å². The van der Waals surface area contributed by atoms with E-state index in [0.717, 1.165) is 17.5 Å². The zero-order valence-electron chi connectivity index (χ0n) is 14.9. The lowest BCUT2D eigenvalue weighted by Gasteiger charge is -2.10. The monoisotopic (exact) mass is 340 g/mol. The van der Waals surface area contributed by atoms with Crippen molar-refractivity contribution in [1.82, 2.24) is 5.32 Å². The minimum atomic E-state index is -0.247. The summed E-state index contributed by atoms with van der Waals surface area (Å²) in [6, 6.07) is 12.6. The molecule has 2 aromatic rings. The average Bonchev–Trinajstić information content (AvgIpc) is 2.59. The lowest BCUT2D eigenvalue weighted by atomic mass is 10.1. The Morgan fingerprint density at radius 1 is 1.04 bits per heavy atom. The molecule has 0 unspecified atom stereocenters. The fourth-order valence-corrected chi connectivity index (χ4v) is 2.35. The van der Waals surface area contributed by atoms with E-state index in [4.69, 9.17) is 4.74 Å². The third kappa shape index (κ3) is 5.64. The number of benzene rings is 2. The molecule has 0 heterocycles. The van der Waals surface area contributed by atoms with Gasteiger partial charge < -0.3 is 15.4 Å². The summed E-state index contributed by atoms with van der Waals surface area (Å²) < 4.78 is 5.56. The summed E-state index contributed by atoms with van der Waals surface area (Å²) >= 11 is 0. The van der Waals surface area contributed by atoms with Gasteiger partial charge in [-0.15, -0.1) is 0 Å². The van der Waals surface area contributed by atoms with Crippen molar-refractivity contribution in [3.8, 4) is 5.75 Å². The first-order valence-corrected chi connectivity index (χ1v) is 8.37. The maximum Gasteiger partial charge on any atom is 0.262 e. The van der Waals surface area contributed by atoms with Crippen LogP contribution >= 0.6 is 0 Å². The highest BCUT2D eigenvalue weighted by Gasteiger charge is 2.08. The number of aryl methyl sites for hydroxylation is 2. The van der Waals surface area contributed by atoms with E-state index in [0.29, 0.717) is 23.5 Å². The van der Waals surface area contributed by atoms with Crippen molar-refractivity contribution < 1.29 is 14.3 Å². The number of rotatable bonds is 7. The van der Waals surface area contributed by atoms with E-state index < -0.39 is 0 Å². The summed E-state index contributed by atoms with van der Waals surface area (Å²) in [5.74, 6) is 0.338. The van der Waals surface area contributed by atoms with E-state index in [1.807, 2.05) is 39.0 Å².